The van der Waals surface area contributed by atoms with Crippen molar-refractivity contribution in [1.82, 2.24) is 4.90 Å². The van der Waals surface area contributed by atoms with Crippen molar-refractivity contribution in [2.45, 2.75) is 25.4 Å². The molecule has 0 aliphatic carbocycles. The Morgan fingerprint density at radius 2 is 2.11 bits per heavy atom. The van der Waals surface area contributed by atoms with Crippen molar-refractivity contribution >= 4 is 20.4 Å². The maximum absolute atomic E-state index is 11.7. The summed E-state index contributed by atoms with van der Waals surface area (Å²) in [6.45, 7) is 3.08. The number of carbonyl (C=O) groups excluding carboxylic acids is 2. The molecule has 7 heteroatoms. The summed E-state index contributed by atoms with van der Waals surface area (Å²) in [6, 6.07) is 0.824. The summed E-state index contributed by atoms with van der Waals surface area (Å²) in [6.07, 6.45) is 1.07. The first-order chi connectivity index (χ1) is 8.41. The second-order valence-electron chi connectivity index (χ2n) is 4.79. The standard InChI is InChI=1S/C11H22N2O4Si/c1-16-18(3,17-2)6-4-5-13-8-9(11(12)15)7-10(13)14/h9H,4-8H2,1-3H3,(H2,12,15). The molecule has 0 spiro atoms. The molecule has 0 bridgehead atoms. The Labute approximate surface area is 109 Å². The van der Waals surface area contributed by atoms with Gasteiger partial charge in [0.1, 0.15) is 0 Å². The molecule has 1 fully saturated rings. The molecule has 2 N–H and O–H groups in total. The molecule has 2 amide bonds. The Morgan fingerprint density at radius 1 is 1.50 bits per heavy atom. The van der Waals surface area contributed by atoms with Crippen LogP contribution in [-0.4, -0.2) is 52.6 Å². The van der Waals surface area contributed by atoms with Crippen LogP contribution in [0.4, 0.5) is 0 Å². The van der Waals surface area contributed by atoms with Gasteiger partial charge in [0, 0.05) is 33.7 Å². The lowest BCUT2D eigenvalue weighted by Gasteiger charge is -2.24. The van der Waals surface area contributed by atoms with E-state index in [0.717, 1.165) is 12.5 Å². The quantitative estimate of drug-likeness (QED) is 0.666. The Kier molecular flexibility index (Phi) is 5.30. The minimum Gasteiger partial charge on any atom is -0.398 e. The molecule has 0 saturated carbocycles. The largest absolute Gasteiger partial charge is 0.398 e. The number of hydrogen-bond acceptors (Lipinski definition) is 4. The third kappa shape index (κ3) is 3.79. The number of hydrogen-bond donors (Lipinski definition) is 1. The molecule has 1 rings (SSSR count). The molecular formula is C11H22N2O4Si. The van der Waals surface area contributed by atoms with Crippen LogP contribution in [0.15, 0.2) is 0 Å². The Hall–Kier alpha value is -0.923. The van der Waals surface area contributed by atoms with Crippen molar-refractivity contribution in [2.24, 2.45) is 11.7 Å². The van der Waals surface area contributed by atoms with E-state index < -0.39 is 8.56 Å². The lowest BCUT2D eigenvalue weighted by Crippen LogP contribution is -2.37. The molecule has 1 aliphatic rings. The second kappa shape index (κ2) is 6.30. The van der Waals surface area contributed by atoms with Crippen LogP contribution in [0, 0.1) is 5.92 Å². The zero-order chi connectivity index (χ0) is 13.8. The summed E-state index contributed by atoms with van der Waals surface area (Å²) >= 11 is 0. The maximum atomic E-state index is 11.7. The Morgan fingerprint density at radius 3 is 2.56 bits per heavy atom. The summed E-state index contributed by atoms with van der Waals surface area (Å²) in [5.41, 5.74) is 5.21. The number of carbonyl (C=O) groups is 2. The smallest absolute Gasteiger partial charge is 0.334 e. The van der Waals surface area contributed by atoms with Crippen LogP contribution in [0.5, 0.6) is 0 Å². The average Bonchev–Trinajstić information content (AvgIpc) is 2.71. The molecule has 0 radical (unpaired) electrons. The molecule has 1 saturated heterocycles. The van der Waals surface area contributed by atoms with Crippen LogP contribution in [0.25, 0.3) is 0 Å². The minimum atomic E-state index is -2.06. The van der Waals surface area contributed by atoms with Gasteiger partial charge in [0.2, 0.25) is 11.8 Å². The minimum absolute atomic E-state index is 0.0111. The van der Waals surface area contributed by atoms with Crippen LogP contribution in [0.2, 0.25) is 12.6 Å². The van der Waals surface area contributed by atoms with Gasteiger partial charge in [-0.15, -0.1) is 0 Å². The first-order valence-electron chi connectivity index (χ1n) is 6.09. The van der Waals surface area contributed by atoms with E-state index >= 15 is 0 Å². The van der Waals surface area contributed by atoms with E-state index in [1.807, 2.05) is 6.55 Å². The van der Waals surface area contributed by atoms with Gasteiger partial charge in [0.25, 0.3) is 0 Å². The number of nitrogens with two attached hydrogens (primary N) is 1. The maximum Gasteiger partial charge on any atom is 0.334 e. The fourth-order valence-electron chi connectivity index (χ4n) is 2.06. The predicted octanol–water partition coefficient (Wildman–Crippen LogP) is 0.0751. The van der Waals surface area contributed by atoms with Gasteiger partial charge in [-0.05, 0) is 19.0 Å². The molecule has 6 nitrogen and oxygen atoms in total. The molecular weight excluding hydrogens is 252 g/mol. The van der Waals surface area contributed by atoms with E-state index in [4.69, 9.17) is 14.6 Å². The monoisotopic (exact) mass is 274 g/mol. The van der Waals surface area contributed by atoms with E-state index in [-0.39, 0.29) is 24.2 Å². The van der Waals surface area contributed by atoms with E-state index in [1.54, 1.807) is 19.1 Å². The van der Waals surface area contributed by atoms with Crippen molar-refractivity contribution in [3.8, 4) is 0 Å². The number of amides is 2. The van der Waals surface area contributed by atoms with E-state index in [2.05, 4.69) is 0 Å². The molecule has 0 aromatic carbocycles. The van der Waals surface area contributed by atoms with Crippen LogP contribution >= 0.6 is 0 Å². The molecule has 0 aromatic rings. The molecule has 18 heavy (non-hydrogen) atoms. The highest BCUT2D eigenvalue weighted by Gasteiger charge is 2.34. The Bertz CT molecular complexity index is 320. The van der Waals surface area contributed by atoms with Gasteiger partial charge in [0.05, 0.1) is 5.92 Å². The van der Waals surface area contributed by atoms with Gasteiger partial charge in [0.15, 0.2) is 0 Å². The SMILES string of the molecule is CO[Si](C)(CCCN1CC(C(N)=O)CC1=O)OC. The summed E-state index contributed by atoms with van der Waals surface area (Å²) in [7, 11) is 1.25. The fourth-order valence-corrected chi connectivity index (χ4v) is 3.43. The van der Waals surface area contributed by atoms with Gasteiger partial charge >= 0.3 is 8.56 Å². The van der Waals surface area contributed by atoms with Gasteiger partial charge in [-0.3, -0.25) is 9.59 Å². The molecule has 1 unspecified atom stereocenters. The van der Waals surface area contributed by atoms with Gasteiger partial charge in [-0.2, -0.15) is 0 Å². The molecule has 104 valence electrons. The number of nitrogens with zero attached hydrogens (tertiary/aromatic N) is 1. The van der Waals surface area contributed by atoms with Crippen molar-refractivity contribution in [3.63, 3.8) is 0 Å². The zero-order valence-electron chi connectivity index (χ0n) is 11.3. The first kappa shape index (κ1) is 15.1. The lowest BCUT2D eigenvalue weighted by atomic mass is 10.1. The van der Waals surface area contributed by atoms with E-state index in [0.29, 0.717) is 13.1 Å². The first-order valence-corrected chi connectivity index (χ1v) is 8.61. The second-order valence-corrected chi connectivity index (χ2v) is 8.37. The Balaban J connectivity index is 2.36. The van der Waals surface area contributed by atoms with Crippen LogP contribution in [-0.2, 0) is 18.4 Å². The van der Waals surface area contributed by atoms with Crippen molar-refractivity contribution in [2.75, 3.05) is 27.3 Å². The van der Waals surface area contributed by atoms with Crippen LogP contribution < -0.4 is 5.73 Å². The summed E-state index contributed by atoms with van der Waals surface area (Å²) in [5.74, 6) is -0.707. The number of likely N-dealkylation sites (tertiary alicyclic amines) is 1. The topological polar surface area (TPSA) is 81.9 Å². The predicted molar refractivity (Wildman–Crippen MR) is 68.9 cm³/mol. The highest BCUT2D eigenvalue weighted by Crippen LogP contribution is 2.20. The molecule has 1 atom stereocenters. The van der Waals surface area contributed by atoms with Crippen molar-refractivity contribution < 1.29 is 18.4 Å². The lowest BCUT2D eigenvalue weighted by molar-refractivity contribution is -0.128. The summed E-state index contributed by atoms with van der Waals surface area (Å²) in [4.78, 5) is 24.4. The molecule has 1 heterocycles. The van der Waals surface area contributed by atoms with Crippen LogP contribution in [0.3, 0.4) is 0 Å². The highest BCUT2D eigenvalue weighted by atomic mass is 28.4. The summed E-state index contributed by atoms with van der Waals surface area (Å²) in [5, 5.41) is 0. The number of rotatable bonds is 7. The normalized spacial score (nSPS) is 20.5. The van der Waals surface area contributed by atoms with Crippen LogP contribution in [0.1, 0.15) is 12.8 Å². The van der Waals surface area contributed by atoms with E-state index in [9.17, 15) is 9.59 Å². The fraction of sp³-hybridized carbons (Fsp3) is 0.818. The average molecular weight is 274 g/mol. The van der Waals surface area contributed by atoms with Gasteiger partial charge in [-0.25, -0.2) is 0 Å². The zero-order valence-corrected chi connectivity index (χ0v) is 12.3. The van der Waals surface area contributed by atoms with Crippen molar-refractivity contribution in [1.29, 1.82) is 0 Å². The van der Waals surface area contributed by atoms with Gasteiger partial charge in [-0.1, -0.05) is 0 Å². The molecule has 1 aliphatic heterocycles. The summed E-state index contributed by atoms with van der Waals surface area (Å²) < 4.78 is 10.8. The van der Waals surface area contributed by atoms with Crippen molar-refractivity contribution in [3.05, 3.63) is 0 Å². The molecule has 0 aromatic heterocycles. The third-order valence-electron chi connectivity index (χ3n) is 3.54. The highest BCUT2D eigenvalue weighted by molar-refractivity contribution is 6.65. The van der Waals surface area contributed by atoms with E-state index in [1.165, 1.54) is 0 Å². The number of primary amides is 1. The van der Waals surface area contributed by atoms with Gasteiger partial charge < -0.3 is 19.5 Å². The third-order valence-corrected chi connectivity index (χ3v) is 6.53.